The molecule has 0 N–H and O–H groups in total. The molecule has 3 nitrogen and oxygen atoms in total. The Morgan fingerprint density at radius 2 is 1.52 bits per heavy atom. The second-order valence-electron chi connectivity index (χ2n) is 5.55. The maximum Gasteiger partial charge on any atom is 0.293 e. The smallest absolute Gasteiger partial charge is 0.293 e. The number of unbranched alkanes of at least 4 members (excludes halogenated alkanes) is 3. The molecule has 0 radical (unpaired) electrons. The molecule has 3 heteroatoms. The summed E-state index contributed by atoms with van der Waals surface area (Å²) in [4.78, 5) is 10.0. The van der Waals surface area contributed by atoms with Crippen molar-refractivity contribution in [1.29, 1.82) is 0 Å². The average molecular weight is 312 g/mol. The van der Waals surface area contributed by atoms with Gasteiger partial charge in [-0.2, -0.15) is 0 Å². The SMILES string of the molecule is O=COCCCCCCc1ccc(OCc2ccccc2)cc1. The molecule has 122 valence electrons. The van der Waals surface area contributed by atoms with Crippen molar-refractivity contribution in [3.8, 4) is 5.75 Å². The van der Waals surface area contributed by atoms with Crippen LogP contribution in [0.25, 0.3) is 0 Å². The van der Waals surface area contributed by atoms with E-state index < -0.39 is 0 Å². The molecule has 0 heterocycles. The lowest BCUT2D eigenvalue weighted by atomic mass is 10.1. The number of aryl methyl sites for hydroxylation is 1. The molecule has 2 aromatic rings. The van der Waals surface area contributed by atoms with Crippen LogP contribution in [0.15, 0.2) is 54.6 Å². The average Bonchev–Trinajstić information content (AvgIpc) is 2.61. The fourth-order valence-electron chi connectivity index (χ4n) is 2.41. The van der Waals surface area contributed by atoms with Crippen molar-refractivity contribution in [1.82, 2.24) is 0 Å². The Morgan fingerprint density at radius 1 is 0.783 bits per heavy atom. The predicted molar refractivity (Wildman–Crippen MR) is 91.4 cm³/mol. The van der Waals surface area contributed by atoms with Crippen LogP contribution in [0, 0.1) is 0 Å². The third-order valence-electron chi connectivity index (χ3n) is 3.72. The first kappa shape index (κ1) is 17.1. The second-order valence-corrected chi connectivity index (χ2v) is 5.55. The van der Waals surface area contributed by atoms with Gasteiger partial charge >= 0.3 is 0 Å². The zero-order chi connectivity index (χ0) is 16.2. The monoisotopic (exact) mass is 312 g/mol. The highest BCUT2D eigenvalue weighted by Crippen LogP contribution is 2.16. The van der Waals surface area contributed by atoms with Crippen molar-refractivity contribution in [2.75, 3.05) is 6.61 Å². The van der Waals surface area contributed by atoms with Crippen molar-refractivity contribution in [3.63, 3.8) is 0 Å². The molecule has 0 atom stereocenters. The third kappa shape index (κ3) is 7.00. The van der Waals surface area contributed by atoms with E-state index in [1.807, 2.05) is 30.3 Å². The van der Waals surface area contributed by atoms with Gasteiger partial charge in [0.2, 0.25) is 0 Å². The second kappa shape index (κ2) is 10.4. The van der Waals surface area contributed by atoms with Gasteiger partial charge in [0.1, 0.15) is 12.4 Å². The molecule has 0 aromatic heterocycles. The van der Waals surface area contributed by atoms with Gasteiger partial charge < -0.3 is 9.47 Å². The van der Waals surface area contributed by atoms with E-state index >= 15 is 0 Å². The van der Waals surface area contributed by atoms with Gasteiger partial charge in [0, 0.05) is 0 Å². The molecule has 0 saturated carbocycles. The standard InChI is InChI=1S/C20H24O3/c21-17-22-15-7-2-1-4-8-18-11-13-20(14-12-18)23-16-19-9-5-3-6-10-19/h3,5-6,9-14,17H,1-2,4,7-8,15-16H2. The summed E-state index contributed by atoms with van der Waals surface area (Å²) >= 11 is 0. The largest absolute Gasteiger partial charge is 0.489 e. The maximum atomic E-state index is 10.0. The number of carbonyl (C=O) groups excluding carboxylic acids is 1. The molecule has 0 saturated heterocycles. The van der Waals surface area contributed by atoms with Crippen LogP contribution in [0.4, 0.5) is 0 Å². The van der Waals surface area contributed by atoms with Crippen LogP contribution in [0.3, 0.4) is 0 Å². The van der Waals surface area contributed by atoms with Crippen LogP contribution in [0.5, 0.6) is 5.75 Å². The van der Waals surface area contributed by atoms with E-state index in [1.54, 1.807) is 0 Å². The lowest BCUT2D eigenvalue weighted by molar-refractivity contribution is -0.128. The van der Waals surface area contributed by atoms with Gasteiger partial charge in [0.25, 0.3) is 6.47 Å². The summed E-state index contributed by atoms with van der Waals surface area (Å²) in [6, 6.07) is 18.5. The summed E-state index contributed by atoms with van der Waals surface area (Å²) in [7, 11) is 0. The molecule has 2 aromatic carbocycles. The van der Waals surface area contributed by atoms with Crippen LogP contribution in [-0.2, 0) is 22.6 Å². The number of benzene rings is 2. The number of hydrogen-bond donors (Lipinski definition) is 0. The summed E-state index contributed by atoms with van der Waals surface area (Å²) in [5.41, 5.74) is 2.51. The van der Waals surface area contributed by atoms with Crippen LogP contribution >= 0.6 is 0 Å². The molecular formula is C20H24O3. The molecule has 0 unspecified atom stereocenters. The van der Waals surface area contributed by atoms with Crippen molar-refractivity contribution in [3.05, 3.63) is 65.7 Å². The molecule has 0 aliphatic rings. The number of hydrogen-bond acceptors (Lipinski definition) is 3. The zero-order valence-corrected chi connectivity index (χ0v) is 13.4. The fourth-order valence-corrected chi connectivity index (χ4v) is 2.41. The van der Waals surface area contributed by atoms with Gasteiger partial charge in [0.15, 0.2) is 0 Å². The molecule has 0 amide bonds. The van der Waals surface area contributed by atoms with Gasteiger partial charge in [-0.1, -0.05) is 55.3 Å². The highest BCUT2D eigenvalue weighted by atomic mass is 16.5. The van der Waals surface area contributed by atoms with E-state index in [4.69, 9.17) is 4.74 Å². The molecule has 0 spiro atoms. The van der Waals surface area contributed by atoms with E-state index in [0.29, 0.717) is 19.7 Å². The Morgan fingerprint density at radius 3 is 2.26 bits per heavy atom. The summed E-state index contributed by atoms with van der Waals surface area (Å²) in [5.74, 6) is 0.906. The fraction of sp³-hybridized carbons (Fsp3) is 0.350. The predicted octanol–water partition coefficient (Wildman–Crippen LogP) is 4.54. The van der Waals surface area contributed by atoms with E-state index in [1.165, 1.54) is 11.1 Å². The van der Waals surface area contributed by atoms with Gasteiger partial charge in [0.05, 0.1) is 6.61 Å². The van der Waals surface area contributed by atoms with Gasteiger partial charge in [-0.05, 0) is 42.5 Å². The summed E-state index contributed by atoms with van der Waals surface area (Å²) < 4.78 is 10.5. The Bertz CT molecular complexity index is 549. The molecule has 0 fully saturated rings. The van der Waals surface area contributed by atoms with E-state index in [-0.39, 0.29) is 0 Å². The van der Waals surface area contributed by atoms with Crippen LogP contribution in [0.2, 0.25) is 0 Å². The number of carbonyl (C=O) groups is 1. The van der Waals surface area contributed by atoms with Crippen molar-refractivity contribution < 1.29 is 14.3 Å². The number of ether oxygens (including phenoxy) is 2. The topological polar surface area (TPSA) is 35.5 Å². The Hall–Kier alpha value is -2.29. The summed E-state index contributed by atoms with van der Waals surface area (Å²) in [6.07, 6.45) is 5.45. The van der Waals surface area contributed by atoms with Crippen LogP contribution in [-0.4, -0.2) is 13.1 Å². The highest BCUT2D eigenvalue weighted by Gasteiger charge is 1.98. The van der Waals surface area contributed by atoms with Crippen LogP contribution < -0.4 is 4.74 Å². The first-order chi connectivity index (χ1) is 11.4. The third-order valence-corrected chi connectivity index (χ3v) is 3.72. The summed E-state index contributed by atoms with van der Waals surface area (Å²) in [5, 5.41) is 0. The van der Waals surface area contributed by atoms with Gasteiger partial charge in [-0.25, -0.2) is 0 Å². The normalized spacial score (nSPS) is 10.3. The Balaban J connectivity index is 1.63. The Kier molecular flexibility index (Phi) is 7.75. The minimum atomic E-state index is 0.515. The van der Waals surface area contributed by atoms with Crippen LogP contribution in [0.1, 0.15) is 36.8 Å². The highest BCUT2D eigenvalue weighted by molar-refractivity contribution is 5.36. The quantitative estimate of drug-likeness (QED) is 0.451. The molecule has 2 rings (SSSR count). The number of rotatable bonds is 11. The first-order valence-electron chi connectivity index (χ1n) is 8.19. The maximum absolute atomic E-state index is 10.0. The van der Waals surface area contributed by atoms with E-state index in [9.17, 15) is 4.79 Å². The molecular weight excluding hydrogens is 288 g/mol. The van der Waals surface area contributed by atoms with Gasteiger partial charge in [-0.3, -0.25) is 4.79 Å². The first-order valence-corrected chi connectivity index (χ1v) is 8.19. The van der Waals surface area contributed by atoms with Gasteiger partial charge in [-0.15, -0.1) is 0 Å². The zero-order valence-electron chi connectivity index (χ0n) is 13.4. The lowest BCUT2D eigenvalue weighted by Crippen LogP contribution is -1.95. The Labute approximate surface area is 138 Å². The minimum Gasteiger partial charge on any atom is -0.489 e. The van der Waals surface area contributed by atoms with E-state index in [0.717, 1.165) is 37.9 Å². The van der Waals surface area contributed by atoms with Crippen molar-refractivity contribution in [2.45, 2.75) is 38.7 Å². The minimum absolute atomic E-state index is 0.515. The van der Waals surface area contributed by atoms with E-state index in [2.05, 4.69) is 29.0 Å². The lowest BCUT2D eigenvalue weighted by Gasteiger charge is -2.07. The van der Waals surface area contributed by atoms with Crippen molar-refractivity contribution >= 4 is 6.47 Å². The molecule has 0 bridgehead atoms. The molecule has 23 heavy (non-hydrogen) atoms. The molecule has 0 aliphatic heterocycles. The van der Waals surface area contributed by atoms with Crippen molar-refractivity contribution in [2.24, 2.45) is 0 Å². The molecule has 0 aliphatic carbocycles. The summed E-state index contributed by atoms with van der Waals surface area (Å²) in [6.45, 7) is 1.65.